The Kier molecular flexibility index (Phi) is 4.31. The summed E-state index contributed by atoms with van der Waals surface area (Å²) in [6.45, 7) is 4.70. The number of hydrogen-bond acceptors (Lipinski definition) is 4. The summed E-state index contributed by atoms with van der Waals surface area (Å²) in [5.41, 5.74) is 5.87. The van der Waals surface area contributed by atoms with E-state index in [1.165, 1.54) is 0 Å². The van der Waals surface area contributed by atoms with Crippen LogP contribution in [-0.2, 0) is 6.54 Å². The van der Waals surface area contributed by atoms with Crippen LogP contribution in [0.3, 0.4) is 0 Å². The molecule has 0 radical (unpaired) electrons. The summed E-state index contributed by atoms with van der Waals surface area (Å²) in [7, 11) is 0. The highest BCUT2D eigenvalue weighted by Crippen LogP contribution is 2.28. The Morgan fingerprint density at radius 3 is 2.65 bits per heavy atom. The van der Waals surface area contributed by atoms with Gasteiger partial charge in [-0.15, -0.1) is 0 Å². The molecular formula is C20H18ClN5. The lowest BCUT2D eigenvalue weighted by Crippen LogP contribution is -2.07. The van der Waals surface area contributed by atoms with Crippen LogP contribution in [0.15, 0.2) is 54.9 Å². The lowest BCUT2D eigenvalue weighted by molar-refractivity contribution is 0.918. The van der Waals surface area contributed by atoms with Gasteiger partial charge in [-0.3, -0.25) is 4.98 Å². The van der Waals surface area contributed by atoms with Crippen LogP contribution >= 0.6 is 11.6 Å². The summed E-state index contributed by atoms with van der Waals surface area (Å²) in [5.74, 6) is 0.902. The van der Waals surface area contributed by atoms with E-state index in [4.69, 9.17) is 16.7 Å². The SMILES string of the molecule is Cc1cc(NCc2cccnc2)n2nc(-c3ccc(Cl)cc3)c(C)c2n1. The van der Waals surface area contributed by atoms with Crippen molar-refractivity contribution in [2.24, 2.45) is 0 Å². The number of aromatic nitrogens is 4. The number of anilines is 1. The Morgan fingerprint density at radius 2 is 1.92 bits per heavy atom. The van der Waals surface area contributed by atoms with E-state index in [0.717, 1.165) is 39.5 Å². The molecule has 0 saturated heterocycles. The van der Waals surface area contributed by atoms with Crippen molar-refractivity contribution in [3.05, 3.63) is 76.7 Å². The fourth-order valence-electron chi connectivity index (χ4n) is 2.95. The maximum Gasteiger partial charge on any atom is 0.161 e. The molecule has 0 unspecified atom stereocenters. The van der Waals surface area contributed by atoms with E-state index in [-0.39, 0.29) is 0 Å². The summed E-state index contributed by atoms with van der Waals surface area (Å²) in [5, 5.41) is 8.95. The van der Waals surface area contributed by atoms with Gasteiger partial charge in [0.2, 0.25) is 0 Å². The molecule has 4 aromatic rings. The number of fused-ring (bicyclic) bond motifs is 1. The smallest absolute Gasteiger partial charge is 0.161 e. The molecule has 0 bridgehead atoms. The van der Waals surface area contributed by atoms with Crippen molar-refractivity contribution in [2.45, 2.75) is 20.4 Å². The van der Waals surface area contributed by atoms with E-state index in [1.54, 1.807) is 6.20 Å². The van der Waals surface area contributed by atoms with Crippen molar-refractivity contribution < 1.29 is 0 Å². The van der Waals surface area contributed by atoms with Crippen LogP contribution in [-0.4, -0.2) is 19.6 Å². The van der Waals surface area contributed by atoms with Gasteiger partial charge in [-0.2, -0.15) is 9.61 Å². The number of nitrogens with one attached hydrogen (secondary N) is 1. The zero-order valence-corrected chi connectivity index (χ0v) is 15.3. The third kappa shape index (κ3) is 3.13. The number of hydrogen-bond donors (Lipinski definition) is 1. The van der Waals surface area contributed by atoms with E-state index in [2.05, 4.69) is 15.3 Å². The molecule has 130 valence electrons. The molecule has 1 aromatic carbocycles. The first-order chi connectivity index (χ1) is 12.6. The average molecular weight is 364 g/mol. The highest BCUT2D eigenvalue weighted by atomic mass is 35.5. The maximum absolute atomic E-state index is 6.01. The van der Waals surface area contributed by atoms with Crippen LogP contribution in [0.5, 0.6) is 0 Å². The molecule has 3 aromatic heterocycles. The van der Waals surface area contributed by atoms with Crippen molar-refractivity contribution in [2.75, 3.05) is 5.32 Å². The van der Waals surface area contributed by atoms with Crippen LogP contribution < -0.4 is 5.32 Å². The molecule has 0 saturated carbocycles. The highest BCUT2D eigenvalue weighted by molar-refractivity contribution is 6.30. The van der Waals surface area contributed by atoms with E-state index >= 15 is 0 Å². The fraction of sp³-hybridized carbons (Fsp3) is 0.150. The normalized spacial score (nSPS) is 11.0. The van der Waals surface area contributed by atoms with Crippen LogP contribution in [0.4, 0.5) is 5.82 Å². The second-order valence-electron chi connectivity index (χ2n) is 6.21. The molecule has 3 heterocycles. The van der Waals surface area contributed by atoms with E-state index < -0.39 is 0 Å². The van der Waals surface area contributed by atoms with Gasteiger partial charge in [0.05, 0.1) is 5.69 Å². The largest absolute Gasteiger partial charge is 0.366 e. The number of pyridine rings is 1. The molecule has 0 amide bonds. The molecule has 4 rings (SSSR count). The quantitative estimate of drug-likeness (QED) is 0.572. The Morgan fingerprint density at radius 1 is 1.12 bits per heavy atom. The molecule has 0 aliphatic carbocycles. The maximum atomic E-state index is 6.01. The summed E-state index contributed by atoms with van der Waals surface area (Å²) < 4.78 is 1.86. The number of halogens is 1. The molecule has 6 heteroatoms. The minimum atomic E-state index is 0.668. The zero-order valence-electron chi connectivity index (χ0n) is 14.6. The van der Waals surface area contributed by atoms with Crippen LogP contribution in [0, 0.1) is 13.8 Å². The average Bonchev–Trinajstić information content (AvgIpc) is 2.98. The fourth-order valence-corrected chi connectivity index (χ4v) is 3.07. The van der Waals surface area contributed by atoms with Gasteiger partial charge in [-0.05, 0) is 37.6 Å². The Balaban J connectivity index is 1.76. The summed E-state index contributed by atoms with van der Waals surface area (Å²) in [6.07, 6.45) is 3.62. The number of rotatable bonds is 4. The van der Waals surface area contributed by atoms with Crippen molar-refractivity contribution in [1.29, 1.82) is 0 Å². The third-order valence-electron chi connectivity index (χ3n) is 4.26. The molecule has 0 aliphatic rings. The van der Waals surface area contributed by atoms with Crippen molar-refractivity contribution in [3.8, 4) is 11.3 Å². The molecule has 0 fully saturated rings. The van der Waals surface area contributed by atoms with E-state index in [9.17, 15) is 0 Å². The molecule has 26 heavy (non-hydrogen) atoms. The minimum absolute atomic E-state index is 0.668. The second kappa shape index (κ2) is 6.77. The Bertz CT molecular complexity index is 1060. The summed E-state index contributed by atoms with van der Waals surface area (Å²) in [4.78, 5) is 8.83. The molecule has 0 spiro atoms. The van der Waals surface area contributed by atoms with E-state index in [0.29, 0.717) is 11.6 Å². The van der Waals surface area contributed by atoms with Gasteiger partial charge < -0.3 is 5.32 Å². The predicted octanol–water partition coefficient (Wildman–Crippen LogP) is 4.67. The third-order valence-corrected chi connectivity index (χ3v) is 4.51. The lowest BCUT2D eigenvalue weighted by Gasteiger charge is -2.09. The van der Waals surface area contributed by atoms with Gasteiger partial charge in [-0.1, -0.05) is 29.8 Å². The van der Waals surface area contributed by atoms with Gasteiger partial charge in [0.15, 0.2) is 5.65 Å². The van der Waals surface area contributed by atoms with Crippen LogP contribution in [0.2, 0.25) is 5.02 Å². The lowest BCUT2D eigenvalue weighted by atomic mass is 10.1. The van der Waals surface area contributed by atoms with Crippen LogP contribution in [0.25, 0.3) is 16.9 Å². The Hall–Kier alpha value is -2.92. The first-order valence-electron chi connectivity index (χ1n) is 8.37. The van der Waals surface area contributed by atoms with Crippen molar-refractivity contribution in [1.82, 2.24) is 19.6 Å². The molecule has 0 atom stereocenters. The molecule has 0 aliphatic heterocycles. The van der Waals surface area contributed by atoms with Gasteiger partial charge in [0, 0.05) is 46.8 Å². The first-order valence-corrected chi connectivity index (χ1v) is 8.75. The van der Waals surface area contributed by atoms with Crippen molar-refractivity contribution >= 4 is 23.1 Å². The summed E-state index contributed by atoms with van der Waals surface area (Å²) >= 11 is 6.01. The Labute approximate surface area is 156 Å². The van der Waals surface area contributed by atoms with Gasteiger partial charge >= 0.3 is 0 Å². The number of nitrogens with zero attached hydrogens (tertiary/aromatic N) is 4. The molecule has 1 N–H and O–H groups in total. The monoisotopic (exact) mass is 363 g/mol. The van der Waals surface area contributed by atoms with E-state index in [1.807, 2.05) is 67.0 Å². The standard InChI is InChI=1S/C20H18ClN5/c1-13-10-18(23-12-15-4-3-9-22-11-15)26-20(24-13)14(2)19(25-26)16-5-7-17(21)8-6-16/h3-11,23H,12H2,1-2H3. The highest BCUT2D eigenvalue weighted by Gasteiger charge is 2.15. The topological polar surface area (TPSA) is 55.1 Å². The zero-order chi connectivity index (χ0) is 18.1. The van der Waals surface area contributed by atoms with Gasteiger partial charge in [0.25, 0.3) is 0 Å². The second-order valence-corrected chi connectivity index (χ2v) is 6.65. The van der Waals surface area contributed by atoms with Gasteiger partial charge in [-0.25, -0.2) is 4.98 Å². The minimum Gasteiger partial charge on any atom is -0.366 e. The van der Waals surface area contributed by atoms with Gasteiger partial charge in [0.1, 0.15) is 5.82 Å². The van der Waals surface area contributed by atoms with Crippen molar-refractivity contribution in [3.63, 3.8) is 0 Å². The predicted molar refractivity (Wildman–Crippen MR) is 104 cm³/mol. The molecule has 5 nitrogen and oxygen atoms in total. The summed E-state index contributed by atoms with van der Waals surface area (Å²) in [6, 6.07) is 13.7. The molecular weight excluding hydrogens is 346 g/mol. The number of aryl methyl sites for hydroxylation is 2. The first kappa shape index (κ1) is 16.5. The van der Waals surface area contributed by atoms with Crippen LogP contribution in [0.1, 0.15) is 16.8 Å². The number of benzene rings is 1.